The van der Waals surface area contributed by atoms with Gasteiger partial charge in [-0.1, -0.05) is 0 Å². The summed E-state index contributed by atoms with van der Waals surface area (Å²) in [5.74, 6) is 0.952. The number of thioether (sulfide) groups is 1. The number of nitrogens with one attached hydrogen (secondary N) is 1. The molecule has 0 aliphatic heterocycles. The van der Waals surface area contributed by atoms with E-state index >= 15 is 0 Å². The largest absolute Gasteiger partial charge is 0.493 e. The molecule has 2 rings (SSSR count). The summed E-state index contributed by atoms with van der Waals surface area (Å²) in [6, 6.07) is 9.97. The molecular formula is C20H26N2O6S2. The van der Waals surface area contributed by atoms with E-state index in [4.69, 9.17) is 14.2 Å². The van der Waals surface area contributed by atoms with Gasteiger partial charge in [0.2, 0.25) is 21.7 Å². The summed E-state index contributed by atoms with van der Waals surface area (Å²) in [5, 5.41) is 2.71. The highest BCUT2D eigenvalue weighted by atomic mass is 32.2. The van der Waals surface area contributed by atoms with Crippen LogP contribution >= 0.6 is 11.8 Å². The van der Waals surface area contributed by atoms with Gasteiger partial charge in [-0.15, -0.1) is 11.8 Å². The molecule has 0 saturated heterocycles. The van der Waals surface area contributed by atoms with Gasteiger partial charge in [0.05, 0.1) is 32.8 Å². The zero-order chi connectivity index (χ0) is 22.3. The second-order valence-electron chi connectivity index (χ2n) is 6.25. The summed E-state index contributed by atoms with van der Waals surface area (Å²) in [6.45, 7) is -0.136. The summed E-state index contributed by atoms with van der Waals surface area (Å²) in [7, 11) is 2.12. The van der Waals surface area contributed by atoms with E-state index < -0.39 is 15.9 Å². The van der Waals surface area contributed by atoms with Crippen LogP contribution in [-0.4, -0.2) is 59.8 Å². The number of hydrogen-bond donors (Lipinski definition) is 1. The Labute approximate surface area is 181 Å². The van der Waals surface area contributed by atoms with Gasteiger partial charge in [-0.3, -0.25) is 4.79 Å². The molecule has 0 aliphatic rings. The lowest BCUT2D eigenvalue weighted by Gasteiger charge is -2.18. The lowest BCUT2D eigenvalue weighted by atomic mass is 10.1. The Balaban J connectivity index is 2.04. The van der Waals surface area contributed by atoms with Crippen LogP contribution in [0, 0.1) is 0 Å². The fourth-order valence-corrected chi connectivity index (χ4v) is 4.24. The van der Waals surface area contributed by atoms with Gasteiger partial charge in [0.1, 0.15) is 0 Å². The number of benzene rings is 2. The zero-order valence-corrected chi connectivity index (χ0v) is 19.2. The number of carbonyl (C=O) groups is 1. The highest BCUT2D eigenvalue weighted by Crippen LogP contribution is 2.38. The van der Waals surface area contributed by atoms with Crippen molar-refractivity contribution in [2.45, 2.75) is 16.3 Å². The number of nitrogens with zero attached hydrogens (tertiary/aromatic N) is 1. The molecule has 8 nitrogen and oxygen atoms in total. The SMILES string of the molecule is COc1cc(CNC(=O)CN(C)S(=O)(=O)c2ccc(SC)cc2)cc(OC)c1OC. The third-order valence-electron chi connectivity index (χ3n) is 4.35. The number of carbonyl (C=O) groups excluding carboxylic acids is 1. The lowest BCUT2D eigenvalue weighted by molar-refractivity contribution is -0.121. The fourth-order valence-electron chi connectivity index (χ4n) is 2.71. The molecule has 1 amide bonds. The molecule has 0 heterocycles. The molecule has 164 valence electrons. The first-order valence-electron chi connectivity index (χ1n) is 8.92. The van der Waals surface area contributed by atoms with Crippen molar-refractivity contribution in [1.29, 1.82) is 0 Å². The quantitative estimate of drug-likeness (QED) is 0.551. The summed E-state index contributed by atoms with van der Waals surface area (Å²) in [4.78, 5) is 13.4. The maximum atomic E-state index is 12.7. The molecule has 0 aliphatic carbocycles. The number of sulfonamides is 1. The molecule has 0 fully saturated rings. The van der Waals surface area contributed by atoms with E-state index in [0.29, 0.717) is 17.2 Å². The van der Waals surface area contributed by atoms with E-state index in [1.165, 1.54) is 52.3 Å². The standard InChI is InChI=1S/C20H26N2O6S2/c1-22(30(24,25)16-8-6-15(29-5)7-9-16)13-19(23)21-12-14-10-17(26-2)20(28-4)18(11-14)27-3/h6-11H,12-13H2,1-5H3,(H,21,23). The molecule has 10 heteroatoms. The molecule has 1 N–H and O–H groups in total. The maximum Gasteiger partial charge on any atom is 0.243 e. The van der Waals surface area contributed by atoms with Crippen molar-refractivity contribution in [2.75, 3.05) is 41.2 Å². The Morgan fingerprint density at radius 1 is 1.03 bits per heavy atom. The van der Waals surface area contributed by atoms with E-state index in [9.17, 15) is 13.2 Å². The minimum atomic E-state index is -3.77. The lowest BCUT2D eigenvalue weighted by Crippen LogP contribution is -2.38. The van der Waals surface area contributed by atoms with Gasteiger partial charge in [-0.2, -0.15) is 4.31 Å². The van der Waals surface area contributed by atoms with Gasteiger partial charge in [0.15, 0.2) is 11.5 Å². The topological polar surface area (TPSA) is 94.2 Å². The monoisotopic (exact) mass is 454 g/mol. The van der Waals surface area contributed by atoms with Crippen molar-refractivity contribution in [1.82, 2.24) is 9.62 Å². The predicted octanol–water partition coefficient (Wildman–Crippen LogP) is 2.37. The molecule has 2 aromatic rings. The highest BCUT2D eigenvalue weighted by Gasteiger charge is 2.23. The van der Waals surface area contributed by atoms with Gasteiger partial charge in [0.25, 0.3) is 0 Å². The number of amides is 1. The van der Waals surface area contributed by atoms with Crippen molar-refractivity contribution >= 4 is 27.7 Å². The molecule has 0 bridgehead atoms. The number of hydrogen-bond acceptors (Lipinski definition) is 7. The third-order valence-corrected chi connectivity index (χ3v) is 6.91. The molecule has 0 spiro atoms. The fraction of sp³-hybridized carbons (Fsp3) is 0.350. The Morgan fingerprint density at radius 2 is 1.60 bits per heavy atom. The summed E-state index contributed by atoms with van der Waals surface area (Å²) < 4.78 is 42.2. The van der Waals surface area contributed by atoms with Crippen LogP contribution in [0.4, 0.5) is 0 Å². The minimum Gasteiger partial charge on any atom is -0.493 e. The van der Waals surface area contributed by atoms with Crippen LogP contribution in [0.5, 0.6) is 17.2 Å². The Kier molecular flexibility index (Phi) is 8.39. The number of ether oxygens (including phenoxy) is 3. The van der Waals surface area contributed by atoms with Crippen molar-refractivity contribution in [3.05, 3.63) is 42.0 Å². The molecule has 30 heavy (non-hydrogen) atoms. The molecule has 0 saturated carbocycles. The molecule has 0 aromatic heterocycles. The average Bonchev–Trinajstić information content (AvgIpc) is 2.76. The first kappa shape index (κ1) is 23.8. The molecule has 0 radical (unpaired) electrons. The van der Waals surface area contributed by atoms with E-state index in [-0.39, 0.29) is 18.0 Å². The van der Waals surface area contributed by atoms with Crippen molar-refractivity contribution in [3.8, 4) is 17.2 Å². The highest BCUT2D eigenvalue weighted by molar-refractivity contribution is 7.98. The minimum absolute atomic E-state index is 0.139. The van der Waals surface area contributed by atoms with E-state index in [0.717, 1.165) is 14.8 Å². The van der Waals surface area contributed by atoms with Crippen LogP contribution in [0.3, 0.4) is 0 Å². The van der Waals surface area contributed by atoms with E-state index in [1.54, 1.807) is 24.3 Å². The normalized spacial score (nSPS) is 11.3. The van der Waals surface area contributed by atoms with Crippen LogP contribution in [-0.2, 0) is 21.4 Å². The molecular weight excluding hydrogens is 428 g/mol. The smallest absolute Gasteiger partial charge is 0.243 e. The van der Waals surface area contributed by atoms with Gasteiger partial charge >= 0.3 is 0 Å². The summed E-state index contributed by atoms with van der Waals surface area (Å²) in [6.07, 6.45) is 1.91. The van der Waals surface area contributed by atoms with Crippen molar-refractivity contribution in [3.63, 3.8) is 0 Å². The predicted molar refractivity (Wildman–Crippen MR) is 116 cm³/mol. The molecule has 2 aromatic carbocycles. The van der Waals surface area contributed by atoms with Crippen LogP contribution in [0.15, 0.2) is 46.2 Å². The zero-order valence-electron chi connectivity index (χ0n) is 17.6. The van der Waals surface area contributed by atoms with Gasteiger partial charge in [-0.05, 0) is 48.2 Å². The van der Waals surface area contributed by atoms with Crippen LogP contribution in [0.25, 0.3) is 0 Å². The van der Waals surface area contributed by atoms with Crippen LogP contribution in [0.2, 0.25) is 0 Å². The average molecular weight is 455 g/mol. The number of likely N-dealkylation sites (N-methyl/N-ethyl adjacent to an activating group) is 1. The number of methoxy groups -OCH3 is 3. The number of rotatable bonds is 10. The van der Waals surface area contributed by atoms with Crippen molar-refractivity contribution < 1.29 is 27.4 Å². The van der Waals surface area contributed by atoms with Crippen LogP contribution in [0.1, 0.15) is 5.56 Å². The third kappa shape index (κ3) is 5.59. The van der Waals surface area contributed by atoms with E-state index in [2.05, 4.69) is 5.32 Å². The Morgan fingerprint density at radius 3 is 2.07 bits per heavy atom. The van der Waals surface area contributed by atoms with Crippen LogP contribution < -0.4 is 19.5 Å². The maximum absolute atomic E-state index is 12.7. The van der Waals surface area contributed by atoms with E-state index in [1.807, 2.05) is 6.26 Å². The van der Waals surface area contributed by atoms with Gasteiger partial charge in [0, 0.05) is 18.5 Å². The van der Waals surface area contributed by atoms with Gasteiger partial charge < -0.3 is 19.5 Å². The van der Waals surface area contributed by atoms with Crippen molar-refractivity contribution in [2.24, 2.45) is 0 Å². The second-order valence-corrected chi connectivity index (χ2v) is 9.17. The van der Waals surface area contributed by atoms with Gasteiger partial charge in [-0.25, -0.2) is 8.42 Å². The second kappa shape index (κ2) is 10.6. The first-order chi connectivity index (χ1) is 14.3. The molecule has 0 unspecified atom stereocenters. The Hall–Kier alpha value is -2.43. The first-order valence-corrected chi connectivity index (χ1v) is 11.6. The molecule has 0 atom stereocenters. The summed E-state index contributed by atoms with van der Waals surface area (Å²) >= 11 is 1.52. The summed E-state index contributed by atoms with van der Waals surface area (Å²) in [5.41, 5.74) is 0.719. The Bertz CT molecular complexity index is 952.